The summed E-state index contributed by atoms with van der Waals surface area (Å²) in [5.74, 6) is 2.31. The van der Waals surface area contributed by atoms with E-state index in [1.54, 1.807) is 13.3 Å². The predicted octanol–water partition coefficient (Wildman–Crippen LogP) is 5.30. The van der Waals surface area contributed by atoms with Gasteiger partial charge in [-0.2, -0.15) is 5.10 Å². The Labute approximate surface area is 211 Å². The maximum atomic E-state index is 13.0. The van der Waals surface area contributed by atoms with Gasteiger partial charge < -0.3 is 19.9 Å². The smallest absolute Gasteiger partial charge is 0.238 e. The minimum atomic E-state index is -0.337. The van der Waals surface area contributed by atoms with E-state index in [-0.39, 0.29) is 17.2 Å². The van der Waals surface area contributed by atoms with Crippen LogP contribution in [0.1, 0.15) is 70.8 Å². The molecule has 2 aromatic heterocycles. The Kier molecular flexibility index (Phi) is 8.33. The lowest BCUT2D eigenvalue weighted by Gasteiger charge is -2.26. The van der Waals surface area contributed by atoms with Gasteiger partial charge in [-0.1, -0.05) is 37.1 Å². The zero-order valence-electron chi connectivity index (χ0n) is 20.9. The van der Waals surface area contributed by atoms with E-state index in [2.05, 4.69) is 30.5 Å². The van der Waals surface area contributed by atoms with E-state index in [9.17, 15) is 4.79 Å². The maximum absolute atomic E-state index is 13.0. The maximum Gasteiger partial charge on any atom is 0.238 e. The number of benzene rings is 1. The first-order chi connectivity index (χ1) is 17.0. The third kappa shape index (κ3) is 6.17. The van der Waals surface area contributed by atoms with Gasteiger partial charge >= 0.3 is 0 Å². The Morgan fingerprint density at radius 3 is 2.71 bits per heavy atom. The Bertz CT molecular complexity index is 1120. The van der Waals surface area contributed by atoms with Gasteiger partial charge in [0.1, 0.15) is 11.6 Å². The molecule has 4 rings (SSSR count). The summed E-state index contributed by atoms with van der Waals surface area (Å²) in [6, 6.07) is 10.2. The Morgan fingerprint density at radius 1 is 1.17 bits per heavy atom. The number of hydrogen-bond acceptors (Lipinski definition) is 7. The van der Waals surface area contributed by atoms with Crippen molar-refractivity contribution in [2.45, 2.75) is 81.9 Å². The molecule has 10 heteroatoms. The number of amides is 1. The first-order valence-corrected chi connectivity index (χ1v) is 13.2. The summed E-state index contributed by atoms with van der Waals surface area (Å²) < 4.78 is 9.39. The Balaban J connectivity index is 1.49. The van der Waals surface area contributed by atoms with Crippen molar-refractivity contribution in [3.05, 3.63) is 42.4 Å². The fourth-order valence-electron chi connectivity index (χ4n) is 4.39. The van der Waals surface area contributed by atoms with Crippen LogP contribution >= 0.6 is 11.8 Å². The number of carbonyl (C=O) groups is 1. The summed E-state index contributed by atoms with van der Waals surface area (Å²) in [7, 11) is 1.66. The number of methoxy groups -OCH3 is 1. The van der Waals surface area contributed by atoms with Gasteiger partial charge in [-0.3, -0.25) is 4.79 Å². The highest BCUT2D eigenvalue weighted by Crippen LogP contribution is 2.34. The first kappa shape index (κ1) is 25.1. The highest BCUT2D eigenvalue weighted by molar-refractivity contribution is 8.00. The number of anilines is 2. The molecule has 3 aromatic rings. The largest absolute Gasteiger partial charge is 0.497 e. The average molecular weight is 498 g/mol. The molecule has 1 amide bonds. The number of rotatable bonds is 10. The number of ether oxygens (including phenoxy) is 1. The van der Waals surface area contributed by atoms with E-state index in [0.717, 1.165) is 35.3 Å². The quantitative estimate of drug-likeness (QED) is 0.367. The second-order valence-corrected chi connectivity index (χ2v) is 10.5. The monoisotopic (exact) mass is 497 g/mol. The van der Waals surface area contributed by atoms with Crippen LogP contribution in [-0.2, 0) is 11.3 Å². The molecule has 0 bridgehead atoms. The number of hydrogen-bond donors (Lipinski definition) is 2. The minimum Gasteiger partial charge on any atom is -0.497 e. The summed E-state index contributed by atoms with van der Waals surface area (Å²) >= 11 is 1.46. The summed E-state index contributed by atoms with van der Waals surface area (Å²) in [5, 5.41) is 20.3. The average Bonchev–Trinajstić information content (AvgIpc) is 3.50. The van der Waals surface area contributed by atoms with Gasteiger partial charge in [-0.15, -0.1) is 10.2 Å². The molecular formula is C25H35N7O2S. The van der Waals surface area contributed by atoms with Crippen molar-refractivity contribution in [2.24, 2.45) is 0 Å². The summed E-state index contributed by atoms with van der Waals surface area (Å²) in [6.07, 6.45) is 7.57. The van der Waals surface area contributed by atoms with E-state index >= 15 is 0 Å². The van der Waals surface area contributed by atoms with Crippen LogP contribution in [0.5, 0.6) is 5.75 Å². The van der Waals surface area contributed by atoms with Crippen LogP contribution < -0.4 is 15.4 Å². The van der Waals surface area contributed by atoms with Crippen LogP contribution in [0, 0.1) is 0 Å². The molecule has 1 atom stereocenters. The van der Waals surface area contributed by atoms with Crippen LogP contribution in [-0.4, -0.2) is 42.8 Å². The van der Waals surface area contributed by atoms with Gasteiger partial charge in [-0.25, -0.2) is 4.68 Å². The van der Waals surface area contributed by atoms with Crippen LogP contribution in [0.25, 0.3) is 0 Å². The molecule has 1 aromatic carbocycles. The predicted molar refractivity (Wildman–Crippen MR) is 139 cm³/mol. The van der Waals surface area contributed by atoms with Crippen LogP contribution in [0.15, 0.2) is 41.7 Å². The van der Waals surface area contributed by atoms with Gasteiger partial charge in [0.15, 0.2) is 11.0 Å². The lowest BCUT2D eigenvalue weighted by molar-refractivity contribution is -0.115. The number of thioether (sulfide) groups is 1. The molecule has 1 aliphatic rings. The molecule has 0 radical (unpaired) electrons. The number of nitrogens with one attached hydrogen (secondary N) is 2. The van der Waals surface area contributed by atoms with E-state index < -0.39 is 0 Å². The van der Waals surface area contributed by atoms with Crippen molar-refractivity contribution in [2.75, 3.05) is 17.7 Å². The minimum absolute atomic E-state index is 0.0772. The lowest BCUT2D eigenvalue weighted by atomic mass is 9.95. The van der Waals surface area contributed by atoms with Crippen molar-refractivity contribution >= 4 is 29.2 Å². The van der Waals surface area contributed by atoms with E-state index in [1.165, 1.54) is 31.0 Å². The molecule has 0 aliphatic heterocycles. The van der Waals surface area contributed by atoms with Crippen molar-refractivity contribution in [1.82, 2.24) is 24.5 Å². The molecular weight excluding hydrogens is 462 g/mol. The van der Waals surface area contributed by atoms with Crippen LogP contribution in [0.3, 0.4) is 0 Å². The van der Waals surface area contributed by atoms with E-state index in [0.29, 0.717) is 18.4 Å². The van der Waals surface area contributed by atoms with Crippen molar-refractivity contribution in [1.29, 1.82) is 0 Å². The summed E-state index contributed by atoms with van der Waals surface area (Å²) in [6.45, 7) is 6.53. The van der Waals surface area contributed by atoms with Gasteiger partial charge in [0.05, 0.1) is 25.1 Å². The van der Waals surface area contributed by atoms with Crippen LogP contribution in [0.2, 0.25) is 0 Å². The molecule has 1 aliphatic carbocycles. The highest BCUT2D eigenvalue weighted by Gasteiger charge is 2.26. The van der Waals surface area contributed by atoms with Gasteiger partial charge in [-0.05, 0) is 45.7 Å². The van der Waals surface area contributed by atoms with Crippen molar-refractivity contribution in [3.8, 4) is 5.75 Å². The molecule has 9 nitrogen and oxygen atoms in total. The molecule has 2 N–H and O–H groups in total. The van der Waals surface area contributed by atoms with Crippen molar-refractivity contribution < 1.29 is 9.53 Å². The third-order valence-corrected chi connectivity index (χ3v) is 7.31. The zero-order chi connectivity index (χ0) is 24.8. The SMILES string of the molecule is COc1cccc(NCc2nnc(SC(C)C(=O)Nc3ccnn3C(C)C)n2C2CCCCC2)c1. The molecule has 188 valence electrons. The molecule has 35 heavy (non-hydrogen) atoms. The Hall–Kier alpha value is -3.01. The van der Waals surface area contributed by atoms with Gasteiger partial charge in [0.25, 0.3) is 0 Å². The fourth-order valence-corrected chi connectivity index (χ4v) is 5.33. The van der Waals surface area contributed by atoms with E-state index in [1.807, 2.05) is 55.8 Å². The second kappa shape index (κ2) is 11.6. The number of aromatic nitrogens is 5. The number of nitrogens with zero attached hydrogens (tertiary/aromatic N) is 5. The standard InChI is InChI=1S/C25H35N7O2S/c1-17(2)32-22(13-14-27-32)28-24(33)18(3)35-25-30-29-23(31(25)20-10-6-5-7-11-20)16-26-19-9-8-12-21(15-19)34-4/h8-9,12-15,17-18,20,26H,5-7,10-11,16H2,1-4H3,(H,28,33). The molecule has 1 unspecified atom stereocenters. The highest BCUT2D eigenvalue weighted by atomic mass is 32.2. The number of carbonyl (C=O) groups excluding carboxylic acids is 1. The normalized spacial score (nSPS) is 15.2. The fraction of sp³-hybridized carbons (Fsp3) is 0.520. The molecule has 0 spiro atoms. The van der Waals surface area contributed by atoms with Crippen LogP contribution in [0.4, 0.5) is 11.5 Å². The van der Waals surface area contributed by atoms with Crippen molar-refractivity contribution in [3.63, 3.8) is 0 Å². The van der Waals surface area contributed by atoms with Gasteiger partial charge in [0.2, 0.25) is 5.91 Å². The third-order valence-electron chi connectivity index (χ3n) is 6.26. The molecule has 0 saturated heterocycles. The summed E-state index contributed by atoms with van der Waals surface area (Å²) in [5.41, 5.74) is 0.964. The lowest BCUT2D eigenvalue weighted by Crippen LogP contribution is -2.25. The first-order valence-electron chi connectivity index (χ1n) is 12.3. The molecule has 2 heterocycles. The topological polar surface area (TPSA) is 98.9 Å². The van der Waals surface area contributed by atoms with Gasteiger partial charge in [0, 0.05) is 29.9 Å². The zero-order valence-corrected chi connectivity index (χ0v) is 21.7. The second-order valence-electron chi connectivity index (χ2n) is 9.15. The molecule has 1 fully saturated rings. The Morgan fingerprint density at radius 2 is 1.97 bits per heavy atom. The van der Waals surface area contributed by atoms with E-state index in [4.69, 9.17) is 4.74 Å². The summed E-state index contributed by atoms with van der Waals surface area (Å²) in [4.78, 5) is 13.0. The molecule has 1 saturated carbocycles.